The zero-order chi connectivity index (χ0) is 14.5. The summed E-state index contributed by atoms with van der Waals surface area (Å²) in [6.45, 7) is 1.58. The van der Waals surface area contributed by atoms with Gasteiger partial charge in [-0.2, -0.15) is 11.8 Å². The van der Waals surface area contributed by atoms with Crippen LogP contribution in [0.15, 0.2) is 0 Å². The van der Waals surface area contributed by atoms with Gasteiger partial charge in [-0.25, -0.2) is 9.59 Å². The second-order valence-corrected chi connectivity index (χ2v) is 6.90. The predicted molar refractivity (Wildman–Crippen MR) is 80.0 cm³/mol. The molecule has 0 aromatic carbocycles. The molecule has 1 atom stereocenters. The molecule has 2 aliphatic carbocycles. The lowest BCUT2D eigenvalue weighted by Crippen LogP contribution is -2.49. The predicted octanol–water partition coefficient (Wildman–Crippen LogP) is 2.02. The van der Waals surface area contributed by atoms with Crippen LogP contribution in [-0.2, 0) is 4.79 Å². The molecular formula is C14H24N2O3S. The SMILES string of the molecule is CSCC[C@@H](NC(=O)N(CC1CC1)CC1CC1)C(=O)O. The van der Waals surface area contributed by atoms with Crippen molar-refractivity contribution in [3.8, 4) is 0 Å². The Hall–Kier alpha value is -0.910. The third kappa shape index (κ3) is 5.23. The van der Waals surface area contributed by atoms with E-state index in [9.17, 15) is 14.7 Å². The van der Waals surface area contributed by atoms with Gasteiger partial charge in [0, 0.05) is 13.1 Å². The Morgan fingerprint density at radius 3 is 2.20 bits per heavy atom. The summed E-state index contributed by atoms with van der Waals surface area (Å²) in [6, 6.07) is -0.965. The first kappa shape index (κ1) is 15.5. The van der Waals surface area contributed by atoms with Gasteiger partial charge >= 0.3 is 12.0 Å². The summed E-state index contributed by atoms with van der Waals surface area (Å²) >= 11 is 1.60. The van der Waals surface area contributed by atoms with Crippen molar-refractivity contribution in [2.75, 3.05) is 25.1 Å². The molecule has 2 amide bonds. The molecule has 114 valence electrons. The van der Waals surface area contributed by atoms with E-state index in [0.717, 1.165) is 18.8 Å². The smallest absolute Gasteiger partial charge is 0.326 e. The van der Waals surface area contributed by atoms with Crippen LogP contribution in [-0.4, -0.2) is 53.1 Å². The summed E-state index contributed by atoms with van der Waals surface area (Å²) in [4.78, 5) is 25.3. The molecule has 0 bridgehead atoms. The number of nitrogens with one attached hydrogen (secondary N) is 1. The van der Waals surface area contributed by atoms with Gasteiger partial charge in [-0.15, -0.1) is 0 Å². The van der Waals surface area contributed by atoms with Crippen LogP contribution in [0.1, 0.15) is 32.1 Å². The van der Waals surface area contributed by atoms with E-state index in [1.54, 1.807) is 11.8 Å². The quantitative estimate of drug-likeness (QED) is 0.683. The second-order valence-electron chi connectivity index (χ2n) is 5.91. The molecule has 0 heterocycles. The standard InChI is InChI=1S/C14H24N2O3S/c1-20-7-6-12(13(17)18)15-14(19)16(8-10-2-3-10)9-11-4-5-11/h10-12H,2-9H2,1H3,(H,15,19)(H,17,18)/t12-/m1/s1. The molecule has 2 saturated carbocycles. The third-order valence-corrected chi connectivity index (χ3v) is 4.49. The average Bonchev–Trinajstić information content (AvgIpc) is 3.27. The van der Waals surface area contributed by atoms with E-state index in [1.165, 1.54) is 25.7 Å². The highest BCUT2D eigenvalue weighted by molar-refractivity contribution is 7.98. The number of carbonyl (C=O) groups excluding carboxylic acids is 1. The summed E-state index contributed by atoms with van der Waals surface area (Å²) < 4.78 is 0. The average molecular weight is 300 g/mol. The van der Waals surface area contributed by atoms with Gasteiger partial charge in [0.05, 0.1) is 0 Å². The lowest BCUT2D eigenvalue weighted by molar-refractivity contribution is -0.139. The van der Waals surface area contributed by atoms with Gasteiger partial charge in [-0.1, -0.05) is 0 Å². The van der Waals surface area contributed by atoms with Crippen LogP contribution < -0.4 is 5.32 Å². The van der Waals surface area contributed by atoms with Gasteiger partial charge < -0.3 is 15.3 Å². The molecule has 0 aliphatic heterocycles. The highest BCUT2D eigenvalue weighted by atomic mass is 32.2. The van der Waals surface area contributed by atoms with Crippen molar-refractivity contribution in [1.29, 1.82) is 0 Å². The van der Waals surface area contributed by atoms with E-state index in [4.69, 9.17) is 0 Å². The van der Waals surface area contributed by atoms with E-state index in [0.29, 0.717) is 18.3 Å². The molecule has 20 heavy (non-hydrogen) atoms. The van der Waals surface area contributed by atoms with Gasteiger partial charge in [-0.05, 0) is 55.9 Å². The topological polar surface area (TPSA) is 69.6 Å². The van der Waals surface area contributed by atoms with Gasteiger partial charge in [0.2, 0.25) is 0 Å². The number of carboxylic acids is 1. The minimum atomic E-state index is -0.940. The molecule has 0 saturated heterocycles. The monoisotopic (exact) mass is 300 g/mol. The summed E-state index contributed by atoms with van der Waals surface area (Å²) in [6.07, 6.45) is 7.20. The Morgan fingerprint density at radius 2 is 1.80 bits per heavy atom. The molecule has 0 unspecified atom stereocenters. The van der Waals surface area contributed by atoms with Gasteiger partial charge in [-0.3, -0.25) is 0 Å². The van der Waals surface area contributed by atoms with E-state index < -0.39 is 12.0 Å². The maximum atomic E-state index is 12.3. The Morgan fingerprint density at radius 1 is 1.25 bits per heavy atom. The van der Waals surface area contributed by atoms with E-state index in [-0.39, 0.29) is 6.03 Å². The van der Waals surface area contributed by atoms with Crippen molar-refractivity contribution in [3.05, 3.63) is 0 Å². The molecule has 6 heteroatoms. The molecule has 2 fully saturated rings. The lowest BCUT2D eigenvalue weighted by Gasteiger charge is -2.25. The fraction of sp³-hybridized carbons (Fsp3) is 0.857. The number of hydrogen-bond acceptors (Lipinski definition) is 3. The molecule has 0 spiro atoms. The number of urea groups is 1. The molecular weight excluding hydrogens is 276 g/mol. The van der Waals surface area contributed by atoms with Crippen molar-refractivity contribution >= 4 is 23.8 Å². The first-order valence-electron chi connectivity index (χ1n) is 7.37. The number of carbonyl (C=O) groups is 2. The minimum absolute atomic E-state index is 0.197. The van der Waals surface area contributed by atoms with E-state index in [2.05, 4.69) is 5.32 Å². The minimum Gasteiger partial charge on any atom is -0.480 e. The number of hydrogen-bond donors (Lipinski definition) is 2. The Kier molecular flexibility index (Phi) is 5.57. The molecule has 0 aromatic heterocycles. The van der Waals surface area contributed by atoms with Crippen LogP contribution in [0.4, 0.5) is 4.79 Å². The molecule has 2 N–H and O–H groups in total. The lowest BCUT2D eigenvalue weighted by atomic mass is 10.2. The summed E-state index contributed by atoms with van der Waals surface area (Å²) in [5.41, 5.74) is 0. The number of carboxylic acid groups (broad SMARTS) is 1. The second kappa shape index (κ2) is 7.20. The van der Waals surface area contributed by atoms with Crippen LogP contribution in [0, 0.1) is 11.8 Å². The Bertz CT molecular complexity index is 342. The summed E-state index contributed by atoms with van der Waals surface area (Å²) in [5, 5.41) is 11.9. The van der Waals surface area contributed by atoms with Crippen LogP contribution in [0.2, 0.25) is 0 Å². The maximum Gasteiger partial charge on any atom is 0.326 e. The normalized spacial score (nSPS) is 19.4. The van der Waals surface area contributed by atoms with Gasteiger partial charge in [0.1, 0.15) is 6.04 Å². The van der Waals surface area contributed by atoms with E-state index >= 15 is 0 Å². The Balaban J connectivity index is 1.85. The number of rotatable bonds is 9. The van der Waals surface area contributed by atoms with Crippen LogP contribution >= 0.6 is 11.8 Å². The number of amides is 2. The first-order chi connectivity index (χ1) is 9.60. The van der Waals surface area contributed by atoms with E-state index in [1.807, 2.05) is 11.2 Å². The number of nitrogens with zero attached hydrogens (tertiary/aromatic N) is 1. The van der Waals surface area contributed by atoms with Crippen molar-refractivity contribution in [3.63, 3.8) is 0 Å². The molecule has 2 rings (SSSR count). The fourth-order valence-electron chi connectivity index (χ4n) is 2.20. The van der Waals surface area contributed by atoms with Crippen LogP contribution in [0.5, 0.6) is 0 Å². The van der Waals surface area contributed by atoms with Crippen LogP contribution in [0.25, 0.3) is 0 Å². The first-order valence-corrected chi connectivity index (χ1v) is 8.76. The fourth-order valence-corrected chi connectivity index (χ4v) is 2.67. The largest absolute Gasteiger partial charge is 0.480 e. The summed E-state index contributed by atoms with van der Waals surface area (Å²) in [7, 11) is 0. The van der Waals surface area contributed by atoms with Gasteiger partial charge in [0.25, 0.3) is 0 Å². The molecule has 0 aromatic rings. The maximum absolute atomic E-state index is 12.3. The molecule has 5 nitrogen and oxygen atoms in total. The highest BCUT2D eigenvalue weighted by Gasteiger charge is 2.32. The van der Waals surface area contributed by atoms with Crippen molar-refractivity contribution < 1.29 is 14.7 Å². The Labute approximate surface area is 124 Å². The zero-order valence-corrected chi connectivity index (χ0v) is 12.8. The molecule has 2 aliphatic rings. The van der Waals surface area contributed by atoms with Crippen molar-refractivity contribution in [1.82, 2.24) is 10.2 Å². The van der Waals surface area contributed by atoms with Crippen LogP contribution in [0.3, 0.4) is 0 Å². The van der Waals surface area contributed by atoms with Crippen molar-refractivity contribution in [2.45, 2.75) is 38.1 Å². The number of aliphatic carboxylic acids is 1. The third-order valence-electron chi connectivity index (χ3n) is 3.84. The summed E-state index contributed by atoms with van der Waals surface area (Å²) in [5.74, 6) is 1.07. The zero-order valence-electron chi connectivity index (χ0n) is 12.0. The molecule has 0 radical (unpaired) electrons. The highest BCUT2D eigenvalue weighted by Crippen LogP contribution is 2.33. The van der Waals surface area contributed by atoms with Crippen molar-refractivity contribution in [2.24, 2.45) is 11.8 Å². The number of thioether (sulfide) groups is 1. The van der Waals surface area contributed by atoms with Gasteiger partial charge in [0.15, 0.2) is 0 Å².